The highest BCUT2D eigenvalue weighted by Gasteiger charge is 2.31. The Morgan fingerprint density at radius 1 is 1.30 bits per heavy atom. The first-order chi connectivity index (χ1) is 11.0. The van der Waals surface area contributed by atoms with E-state index >= 15 is 0 Å². The van der Waals surface area contributed by atoms with Gasteiger partial charge in [-0.05, 0) is 48.3 Å². The summed E-state index contributed by atoms with van der Waals surface area (Å²) in [6.07, 6.45) is 5.18. The maximum Gasteiger partial charge on any atom is 0.244 e. The Morgan fingerprint density at radius 2 is 2.13 bits per heavy atom. The lowest BCUT2D eigenvalue weighted by molar-refractivity contribution is 0.301. The second-order valence-corrected chi connectivity index (χ2v) is 8.56. The molecule has 1 fully saturated rings. The van der Waals surface area contributed by atoms with Crippen molar-refractivity contribution < 1.29 is 8.42 Å². The molecule has 23 heavy (non-hydrogen) atoms. The van der Waals surface area contributed by atoms with Gasteiger partial charge in [0, 0.05) is 46.8 Å². The SMILES string of the molecule is CC1CNCCCCN1S(=O)(=O)c1cccc2cncc(Br)c12. The van der Waals surface area contributed by atoms with Gasteiger partial charge in [-0.25, -0.2) is 8.42 Å². The lowest BCUT2D eigenvalue weighted by Gasteiger charge is -2.31. The minimum absolute atomic E-state index is 0.0730. The van der Waals surface area contributed by atoms with Crippen LogP contribution in [0.25, 0.3) is 10.8 Å². The summed E-state index contributed by atoms with van der Waals surface area (Å²) in [7, 11) is -3.56. The van der Waals surface area contributed by atoms with Gasteiger partial charge in [-0.3, -0.25) is 4.98 Å². The van der Waals surface area contributed by atoms with Gasteiger partial charge in [0.25, 0.3) is 0 Å². The third-order valence-electron chi connectivity index (χ3n) is 4.20. The van der Waals surface area contributed by atoms with E-state index in [1.807, 2.05) is 13.0 Å². The van der Waals surface area contributed by atoms with Gasteiger partial charge in [-0.15, -0.1) is 0 Å². The van der Waals surface area contributed by atoms with E-state index in [-0.39, 0.29) is 6.04 Å². The van der Waals surface area contributed by atoms with E-state index in [0.29, 0.717) is 27.8 Å². The van der Waals surface area contributed by atoms with Gasteiger partial charge < -0.3 is 5.32 Å². The van der Waals surface area contributed by atoms with Crippen molar-refractivity contribution in [3.8, 4) is 0 Å². The predicted molar refractivity (Wildman–Crippen MR) is 94.9 cm³/mol. The smallest absolute Gasteiger partial charge is 0.244 e. The van der Waals surface area contributed by atoms with E-state index in [2.05, 4.69) is 26.2 Å². The van der Waals surface area contributed by atoms with Crippen LogP contribution in [0.2, 0.25) is 0 Å². The van der Waals surface area contributed by atoms with Crippen LogP contribution in [0.1, 0.15) is 19.8 Å². The van der Waals surface area contributed by atoms with Crippen molar-refractivity contribution in [2.24, 2.45) is 0 Å². The van der Waals surface area contributed by atoms with Crippen LogP contribution in [0, 0.1) is 0 Å². The summed E-state index contributed by atoms with van der Waals surface area (Å²) in [5, 5.41) is 4.83. The number of halogens is 1. The zero-order valence-corrected chi connectivity index (χ0v) is 15.4. The van der Waals surface area contributed by atoms with Gasteiger partial charge in [0.05, 0.1) is 4.90 Å². The zero-order chi connectivity index (χ0) is 16.4. The van der Waals surface area contributed by atoms with Crippen LogP contribution in [0.15, 0.2) is 40.0 Å². The minimum Gasteiger partial charge on any atom is -0.315 e. The molecule has 1 aromatic carbocycles. The van der Waals surface area contributed by atoms with E-state index in [9.17, 15) is 8.42 Å². The number of nitrogens with one attached hydrogen (secondary N) is 1. The lowest BCUT2D eigenvalue weighted by Crippen LogP contribution is -2.46. The van der Waals surface area contributed by atoms with Crippen molar-refractivity contribution in [2.45, 2.75) is 30.7 Å². The van der Waals surface area contributed by atoms with Crippen molar-refractivity contribution in [1.29, 1.82) is 0 Å². The third-order valence-corrected chi connectivity index (χ3v) is 6.86. The van der Waals surface area contributed by atoms with Crippen LogP contribution in [0.3, 0.4) is 0 Å². The van der Waals surface area contributed by atoms with E-state index < -0.39 is 10.0 Å². The summed E-state index contributed by atoms with van der Waals surface area (Å²) in [4.78, 5) is 4.47. The van der Waals surface area contributed by atoms with Crippen LogP contribution in [0.5, 0.6) is 0 Å². The molecule has 2 aromatic rings. The number of pyridine rings is 1. The normalized spacial score (nSPS) is 21.0. The molecule has 1 aliphatic heterocycles. The summed E-state index contributed by atoms with van der Waals surface area (Å²) in [5.41, 5.74) is 0. The van der Waals surface area contributed by atoms with Gasteiger partial charge in [-0.1, -0.05) is 12.1 Å². The third kappa shape index (κ3) is 3.28. The molecular formula is C16H20BrN3O2S. The Balaban J connectivity index is 2.12. The Kier molecular flexibility index (Phi) is 5.01. The second kappa shape index (κ2) is 6.84. The minimum atomic E-state index is -3.56. The molecular weight excluding hydrogens is 378 g/mol. The van der Waals surface area contributed by atoms with Crippen molar-refractivity contribution in [3.05, 3.63) is 35.1 Å². The molecule has 1 aromatic heterocycles. The number of rotatable bonds is 2. The number of hydrogen-bond acceptors (Lipinski definition) is 4. The monoisotopic (exact) mass is 397 g/mol. The summed E-state index contributed by atoms with van der Waals surface area (Å²) in [6, 6.07) is 5.26. The van der Waals surface area contributed by atoms with Crippen molar-refractivity contribution >= 4 is 36.7 Å². The van der Waals surface area contributed by atoms with Crippen LogP contribution < -0.4 is 5.32 Å². The number of aromatic nitrogens is 1. The fourth-order valence-electron chi connectivity index (χ4n) is 3.01. The molecule has 1 saturated heterocycles. The first kappa shape index (κ1) is 16.8. The molecule has 1 N–H and O–H groups in total. The maximum atomic E-state index is 13.3. The lowest BCUT2D eigenvalue weighted by atomic mass is 10.2. The first-order valence-electron chi connectivity index (χ1n) is 7.76. The molecule has 0 amide bonds. The summed E-state index contributed by atoms with van der Waals surface area (Å²) >= 11 is 3.45. The van der Waals surface area contributed by atoms with Gasteiger partial charge in [0.1, 0.15) is 0 Å². The van der Waals surface area contributed by atoms with Crippen LogP contribution in [-0.4, -0.2) is 43.4 Å². The molecule has 7 heteroatoms. The average molecular weight is 398 g/mol. The van der Waals surface area contributed by atoms with Gasteiger partial charge in [0.2, 0.25) is 10.0 Å². The Labute approximate surface area is 145 Å². The van der Waals surface area contributed by atoms with E-state index in [4.69, 9.17) is 0 Å². The fraction of sp³-hybridized carbons (Fsp3) is 0.438. The van der Waals surface area contributed by atoms with Crippen LogP contribution >= 0.6 is 15.9 Å². The van der Waals surface area contributed by atoms with E-state index in [0.717, 1.165) is 24.8 Å². The molecule has 1 aliphatic rings. The van der Waals surface area contributed by atoms with E-state index in [1.54, 1.807) is 28.8 Å². The van der Waals surface area contributed by atoms with E-state index in [1.165, 1.54) is 0 Å². The Morgan fingerprint density at radius 3 is 2.96 bits per heavy atom. The topological polar surface area (TPSA) is 62.3 Å². The highest BCUT2D eigenvalue weighted by Crippen LogP contribution is 2.32. The maximum absolute atomic E-state index is 13.3. The summed E-state index contributed by atoms with van der Waals surface area (Å²) in [5.74, 6) is 0. The standard InChI is InChI=1S/C16H20BrN3O2S/c1-12-9-18-7-2-3-8-20(12)23(21,22)15-6-4-5-13-10-19-11-14(17)16(13)15/h4-6,10-12,18H,2-3,7-9H2,1H3. The Bertz CT molecular complexity index is 805. The number of benzene rings is 1. The highest BCUT2D eigenvalue weighted by molar-refractivity contribution is 9.10. The van der Waals surface area contributed by atoms with Crippen molar-refractivity contribution in [3.63, 3.8) is 0 Å². The molecule has 0 bridgehead atoms. The van der Waals surface area contributed by atoms with Gasteiger partial charge in [0.15, 0.2) is 0 Å². The Hall–Kier alpha value is -1.02. The zero-order valence-electron chi connectivity index (χ0n) is 13.0. The molecule has 1 atom stereocenters. The van der Waals surface area contributed by atoms with Crippen LogP contribution in [-0.2, 0) is 10.0 Å². The molecule has 124 valence electrons. The van der Waals surface area contributed by atoms with Crippen molar-refractivity contribution in [1.82, 2.24) is 14.6 Å². The predicted octanol–water partition coefficient (Wildman–Crippen LogP) is 2.76. The molecule has 3 rings (SSSR count). The number of hydrogen-bond donors (Lipinski definition) is 1. The quantitative estimate of drug-likeness (QED) is 0.845. The molecule has 0 aliphatic carbocycles. The number of fused-ring (bicyclic) bond motifs is 1. The largest absolute Gasteiger partial charge is 0.315 e. The molecule has 2 heterocycles. The fourth-order valence-corrected chi connectivity index (χ4v) is 5.61. The molecule has 0 spiro atoms. The molecule has 1 unspecified atom stereocenters. The van der Waals surface area contributed by atoms with Gasteiger partial charge in [-0.2, -0.15) is 4.31 Å². The van der Waals surface area contributed by atoms with Crippen LogP contribution in [0.4, 0.5) is 0 Å². The highest BCUT2D eigenvalue weighted by atomic mass is 79.9. The number of nitrogens with zero attached hydrogens (tertiary/aromatic N) is 2. The average Bonchev–Trinajstić information content (AvgIpc) is 2.50. The molecule has 5 nitrogen and oxygen atoms in total. The summed E-state index contributed by atoms with van der Waals surface area (Å²) in [6.45, 7) is 4.14. The summed E-state index contributed by atoms with van der Waals surface area (Å²) < 4.78 is 28.9. The molecule has 0 saturated carbocycles. The first-order valence-corrected chi connectivity index (χ1v) is 10.00. The number of sulfonamides is 1. The van der Waals surface area contributed by atoms with Crippen molar-refractivity contribution in [2.75, 3.05) is 19.6 Å². The second-order valence-electron chi connectivity index (χ2n) is 5.85. The molecule has 0 radical (unpaired) electrons. The van der Waals surface area contributed by atoms with Gasteiger partial charge >= 0.3 is 0 Å².